The van der Waals surface area contributed by atoms with Crippen molar-refractivity contribution in [1.29, 1.82) is 0 Å². The lowest BCUT2D eigenvalue weighted by Gasteiger charge is -2.32. The highest BCUT2D eigenvalue weighted by Crippen LogP contribution is 2.27. The van der Waals surface area contributed by atoms with E-state index in [0.717, 1.165) is 18.9 Å². The first-order valence-electron chi connectivity index (χ1n) is 12.7. The second kappa shape index (κ2) is 16.9. The Bertz CT molecular complexity index is 912. The van der Waals surface area contributed by atoms with Crippen LogP contribution in [0.4, 0.5) is 0 Å². The third kappa shape index (κ3) is 12.0. The lowest BCUT2D eigenvalue weighted by molar-refractivity contribution is -0.136. The molecule has 9 N–H and O–H groups in total. The van der Waals surface area contributed by atoms with Gasteiger partial charge in [-0.1, -0.05) is 31.6 Å². The molecule has 0 aliphatic heterocycles. The molecule has 0 aromatic rings. The second-order valence-electron chi connectivity index (χ2n) is 9.21. The van der Waals surface area contributed by atoms with E-state index in [-0.39, 0.29) is 5.92 Å². The van der Waals surface area contributed by atoms with E-state index in [1.54, 1.807) is 6.08 Å². The first-order chi connectivity index (χ1) is 18.0. The van der Waals surface area contributed by atoms with Gasteiger partial charge in [-0.05, 0) is 38.0 Å². The second-order valence-corrected chi connectivity index (χ2v) is 9.21. The number of hydrogen-bond donors (Lipinski definition) is 7. The average Bonchev–Trinajstić information content (AvgIpc) is 2.85. The maximum atomic E-state index is 13.1. The number of unbranched alkanes of at least 4 members (excludes halogenated alkanes) is 1. The molecule has 1 saturated carbocycles. The summed E-state index contributed by atoms with van der Waals surface area (Å²) in [6, 6.07) is -3.89. The number of aliphatic hydroxyl groups excluding tert-OH is 1. The summed E-state index contributed by atoms with van der Waals surface area (Å²) >= 11 is 0. The van der Waals surface area contributed by atoms with Crippen LogP contribution in [0, 0.1) is 5.92 Å². The summed E-state index contributed by atoms with van der Waals surface area (Å²) in [4.78, 5) is 73.9. The molecule has 0 aromatic heterocycles. The molecule has 1 fully saturated rings. The number of carbonyl (C=O) groups excluding carboxylic acids is 6. The average molecular weight is 537 g/mol. The van der Waals surface area contributed by atoms with Crippen LogP contribution in [0.2, 0.25) is 0 Å². The molecule has 0 heterocycles. The van der Waals surface area contributed by atoms with E-state index in [2.05, 4.69) is 21.3 Å². The van der Waals surface area contributed by atoms with Gasteiger partial charge in [0.1, 0.15) is 18.1 Å². The largest absolute Gasteiger partial charge is 0.393 e. The molecule has 0 spiro atoms. The SMILES string of the molecule is CCCC=CC=CC(=O)NC(CC(N)=O)C(=O)NC(CC(N)=O)C(=O)NC(C(=O)NC)C1CCC(O)CC1. The quantitative estimate of drug-likeness (QED) is 0.0958. The van der Waals surface area contributed by atoms with Crippen LogP contribution in [0.15, 0.2) is 24.3 Å². The molecule has 0 bridgehead atoms. The van der Waals surface area contributed by atoms with Crippen molar-refractivity contribution < 1.29 is 33.9 Å². The zero-order valence-electron chi connectivity index (χ0n) is 21.9. The molecule has 0 aromatic carbocycles. The number of nitrogens with two attached hydrogens (primary N) is 2. The normalized spacial score (nSPS) is 19.8. The van der Waals surface area contributed by atoms with E-state index in [1.807, 2.05) is 13.0 Å². The van der Waals surface area contributed by atoms with Gasteiger partial charge in [0, 0.05) is 13.1 Å². The maximum Gasteiger partial charge on any atom is 0.244 e. The molecular formula is C25H40N6O7. The van der Waals surface area contributed by atoms with Gasteiger partial charge in [0.15, 0.2) is 0 Å². The Labute approximate surface area is 222 Å². The Kier molecular flexibility index (Phi) is 14.4. The number of hydrogen-bond acceptors (Lipinski definition) is 7. The minimum absolute atomic E-state index is 0.271. The van der Waals surface area contributed by atoms with Crippen molar-refractivity contribution in [2.45, 2.75) is 82.5 Å². The predicted molar refractivity (Wildman–Crippen MR) is 139 cm³/mol. The van der Waals surface area contributed by atoms with Crippen LogP contribution < -0.4 is 32.7 Å². The van der Waals surface area contributed by atoms with Gasteiger partial charge in [-0.15, -0.1) is 0 Å². The van der Waals surface area contributed by atoms with Crippen LogP contribution in [0.25, 0.3) is 0 Å². The highest BCUT2D eigenvalue weighted by molar-refractivity contribution is 5.98. The van der Waals surface area contributed by atoms with Gasteiger partial charge in [-0.2, -0.15) is 0 Å². The van der Waals surface area contributed by atoms with Crippen molar-refractivity contribution in [3.05, 3.63) is 24.3 Å². The van der Waals surface area contributed by atoms with Gasteiger partial charge in [-0.25, -0.2) is 0 Å². The van der Waals surface area contributed by atoms with Gasteiger partial charge in [-0.3, -0.25) is 28.8 Å². The third-order valence-electron chi connectivity index (χ3n) is 6.07. The number of allylic oxidation sites excluding steroid dienone is 3. The molecule has 3 unspecified atom stereocenters. The van der Waals surface area contributed by atoms with Crippen molar-refractivity contribution >= 4 is 35.4 Å². The van der Waals surface area contributed by atoms with Crippen molar-refractivity contribution in [3.63, 3.8) is 0 Å². The van der Waals surface area contributed by atoms with E-state index < -0.39 is 72.5 Å². The molecule has 0 radical (unpaired) electrons. The van der Waals surface area contributed by atoms with E-state index >= 15 is 0 Å². The standard InChI is InChI=1S/C25H40N6O7/c1-3-4-5-6-7-8-21(35)29-17(13-19(26)33)23(36)30-18(14-20(27)34)24(37)31-22(25(38)28-2)15-9-11-16(32)12-10-15/h5-8,15-18,22,32H,3-4,9-14H2,1-2H3,(H2,26,33)(H2,27,34)(H,28,38)(H,29,35)(H,30,36)(H,31,37). The summed E-state index contributed by atoms with van der Waals surface area (Å²) in [5, 5.41) is 19.5. The minimum Gasteiger partial charge on any atom is -0.393 e. The summed E-state index contributed by atoms with van der Waals surface area (Å²) < 4.78 is 0. The summed E-state index contributed by atoms with van der Waals surface area (Å²) in [6.45, 7) is 2.00. The van der Waals surface area contributed by atoms with Crippen LogP contribution in [0.5, 0.6) is 0 Å². The first kappa shape index (κ1) is 32.3. The topological polar surface area (TPSA) is 223 Å². The lowest BCUT2D eigenvalue weighted by atomic mass is 9.82. The van der Waals surface area contributed by atoms with Crippen LogP contribution in [0.1, 0.15) is 58.3 Å². The van der Waals surface area contributed by atoms with Crippen molar-refractivity contribution in [2.24, 2.45) is 17.4 Å². The molecule has 1 rings (SSSR count). The lowest BCUT2D eigenvalue weighted by Crippen LogP contribution is -2.59. The monoisotopic (exact) mass is 536 g/mol. The zero-order chi connectivity index (χ0) is 28.7. The highest BCUT2D eigenvalue weighted by Gasteiger charge is 2.35. The summed E-state index contributed by atoms with van der Waals surface area (Å²) in [7, 11) is 1.41. The maximum absolute atomic E-state index is 13.1. The number of carbonyl (C=O) groups is 6. The Balaban J connectivity index is 3.00. The molecule has 1 aliphatic rings. The van der Waals surface area contributed by atoms with Crippen LogP contribution >= 0.6 is 0 Å². The molecule has 13 heteroatoms. The van der Waals surface area contributed by atoms with Gasteiger partial charge in [0.2, 0.25) is 35.4 Å². The molecule has 1 aliphatic carbocycles. The number of amides is 6. The summed E-state index contributed by atoms with van der Waals surface area (Å²) in [5.41, 5.74) is 10.5. The fourth-order valence-corrected chi connectivity index (χ4v) is 4.04. The van der Waals surface area contributed by atoms with E-state index in [0.29, 0.717) is 25.7 Å². The fourth-order valence-electron chi connectivity index (χ4n) is 4.04. The molecule has 6 amide bonds. The Morgan fingerprint density at radius 1 is 0.842 bits per heavy atom. The molecular weight excluding hydrogens is 496 g/mol. The fraction of sp³-hybridized carbons (Fsp3) is 0.600. The van der Waals surface area contributed by atoms with Crippen LogP contribution in [-0.4, -0.2) is 71.8 Å². The van der Waals surface area contributed by atoms with Gasteiger partial charge < -0.3 is 37.8 Å². The Hall–Kier alpha value is -3.74. The number of likely N-dealkylation sites (N-methyl/N-ethyl adjacent to an activating group) is 1. The first-order valence-corrected chi connectivity index (χ1v) is 12.7. The molecule has 0 saturated heterocycles. The summed E-state index contributed by atoms with van der Waals surface area (Å²) in [6.07, 6.45) is 8.17. The van der Waals surface area contributed by atoms with Gasteiger partial charge in [0.05, 0.1) is 18.9 Å². The Morgan fingerprint density at radius 3 is 1.92 bits per heavy atom. The van der Waals surface area contributed by atoms with E-state index in [1.165, 1.54) is 13.1 Å². The molecule has 38 heavy (non-hydrogen) atoms. The predicted octanol–water partition coefficient (Wildman–Crippen LogP) is -1.60. The van der Waals surface area contributed by atoms with Gasteiger partial charge >= 0.3 is 0 Å². The summed E-state index contributed by atoms with van der Waals surface area (Å²) in [5.74, 6) is -4.99. The Morgan fingerprint density at radius 2 is 1.39 bits per heavy atom. The number of rotatable bonds is 15. The smallest absolute Gasteiger partial charge is 0.244 e. The third-order valence-corrected chi connectivity index (χ3v) is 6.07. The van der Waals surface area contributed by atoms with E-state index in [4.69, 9.17) is 11.5 Å². The molecule has 13 nitrogen and oxygen atoms in total. The molecule has 3 atom stereocenters. The van der Waals surface area contributed by atoms with Gasteiger partial charge in [0.25, 0.3) is 0 Å². The number of aliphatic hydroxyl groups is 1. The van der Waals surface area contributed by atoms with Crippen molar-refractivity contribution in [3.8, 4) is 0 Å². The number of nitrogens with one attached hydrogen (secondary N) is 4. The minimum atomic E-state index is -1.49. The molecule has 212 valence electrons. The van der Waals surface area contributed by atoms with Crippen LogP contribution in [-0.2, 0) is 28.8 Å². The van der Waals surface area contributed by atoms with Crippen molar-refractivity contribution in [2.75, 3.05) is 7.05 Å². The van der Waals surface area contributed by atoms with Crippen LogP contribution in [0.3, 0.4) is 0 Å². The van der Waals surface area contributed by atoms with Crippen molar-refractivity contribution in [1.82, 2.24) is 21.3 Å². The zero-order valence-corrected chi connectivity index (χ0v) is 21.9. The van der Waals surface area contributed by atoms with E-state index in [9.17, 15) is 33.9 Å². The highest BCUT2D eigenvalue weighted by atomic mass is 16.3. The number of primary amides is 2.